The summed E-state index contributed by atoms with van der Waals surface area (Å²) < 4.78 is 44.2. The summed E-state index contributed by atoms with van der Waals surface area (Å²) >= 11 is 0. The molecule has 4 rings (SSSR count). The molecule has 3 aromatic rings. The van der Waals surface area contributed by atoms with Gasteiger partial charge in [0.2, 0.25) is 11.8 Å². The maximum Gasteiger partial charge on any atom is 0.416 e. The van der Waals surface area contributed by atoms with Crippen LogP contribution in [0.4, 0.5) is 13.2 Å². The third-order valence-corrected chi connectivity index (χ3v) is 5.39. The highest BCUT2D eigenvalue weighted by Gasteiger charge is 2.31. The highest BCUT2D eigenvalue weighted by atomic mass is 19.4. The molecule has 7 heteroatoms. The van der Waals surface area contributed by atoms with Gasteiger partial charge >= 0.3 is 6.18 Å². The lowest BCUT2D eigenvalue weighted by Gasteiger charge is -2.14. The van der Waals surface area contributed by atoms with Crippen LogP contribution >= 0.6 is 0 Å². The van der Waals surface area contributed by atoms with Crippen molar-refractivity contribution in [3.05, 3.63) is 70.6 Å². The van der Waals surface area contributed by atoms with Crippen LogP contribution in [0.5, 0.6) is 0 Å². The van der Waals surface area contributed by atoms with Crippen molar-refractivity contribution in [3.63, 3.8) is 0 Å². The number of alkyl halides is 3. The Labute approximate surface area is 172 Å². The molecule has 2 aromatic carbocycles. The van der Waals surface area contributed by atoms with E-state index in [4.69, 9.17) is 4.42 Å². The number of hydrogen-bond acceptors (Lipinski definition) is 4. The number of ketones is 1. The van der Waals surface area contributed by atoms with E-state index >= 15 is 0 Å². The molecule has 1 aliphatic carbocycles. The van der Waals surface area contributed by atoms with Crippen molar-refractivity contribution in [2.75, 3.05) is 0 Å². The molecule has 0 N–H and O–H groups in total. The van der Waals surface area contributed by atoms with Crippen LogP contribution in [-0.4, -0.2) is 16.0 Å². The average molecular weight is 414 g/mol. The van der Waals surface area contributed by atoms with Crippen molar-refractivity contribution in [2.24, 2.45) is 0 Å². The second-order valence-electron chi connectivity index (χ2n) is 7.58. The molecule has 0 spiro atoms. The van der Waals surface area contributed by atoms with Gasteiger partial charge in [0.15, 0.2) is 5.78 Å². The van der Waals surface area contributed by atoms with E-state index in [2.05, 4.69) is 22.3 Å². The van der Waals surface area contributed by atoms with E-state index in [1.165, 1.54) is 42.5 Å². The van der Waals surface area contributed by atoms with Crippen LogP contribution in [-0.2, 0) is 25.4 Å². The Morgan fingerprint density at radius 1 is 0.933 bits per heavy atom. The molecule has 0 saturated carbocycles. The summed E-state index contributed by atoms with van der Waals surface area (Å²) in [6.45, 7) is 0. The summed E-state index contributed by atoms with van der Waals surface area (Å²) in [6, 6.07) is 10.4. The number of nitrogens with zero attached hydrogens (tertiary/aromatic N) is 2. The number of halogens is 3. The lowest BCUT2D eigenvalue weighted by molar-refractivity contribution is -0.137. The lowest BCUT2D eigenvalue weighted by atomic mass is 9.92. The summed E-state index contributed by atoms with van der Waals surface area (Å²) in [6.07, 6.45) is 2.15. The van der Waals surface area contributed by atoms with E-state index in [1.54, 1.807) is 0 Å². The fourth-order valence-electron chi connectivity index (χ4n) is 3.77. The largest absolute Gasteiger partial charge is 0.420 e. The van der Waals surface area contributed by atoms with Gasteiger partial charge in [-0.15, -0.1) is 10.2 Å². The van der Waals surface area contributed by atoms with Crippen LogP contribution in [0.1, 0.15) is 58.6 Å². The van der Waals surface area contributed by atoms with Gasteiger partial charge in [-0.05, 0) is 61.1 Å². The minimum absolute atomic E-state index is 0.0364. The van der Waals surface area contributed by atoms with Crippen molar-refractivity contribution in [3.8, 4) is 11.5 Å². The summed E-state index contributed by atoms with van der Waals surface area (Å²) in [5.74, 6) is -0.111. The van der Waals surface area contributed by atoms with Crippen LogP contribution in [0.2, 0.25) is 0 Å². The monoisotopic (exact) mass is 414 g/mol. The number of benzene rings is 2. The first kappa shape index (κ1) is 20.3. The van der Waals surface area contributed by atoms with Gasteiger partial charge in [0.25, 0.3) is 0 Å². The van der Waals surface area contributed by atoms with Gasteiger partial charge in [-0.2, -0.15) is 13.2 Å². The molecule has 0 amide bonds. The van der Waals surface area contributed by atoms with E-state index in [0.29, 0.717) is 5.89 Å². The Hall–Kier alpha value is -2.96. The molecule has 30 heavy (non-hydrogen) atoms. The number of carbonyl (C=O) groups excluding carboxylic acids is 1. The van der Waals surface area contributed by atoms with E-state index in [1.807, 2.05) is 6.07 Å². The van der Waals surface area contributed by atoms with Crippen LogP contribution < -0.4 is 0 Å². The molecule has 4 nitrogen and oxygen atoms in total. The number of aromatic nitrogens is 2. The third kappa shape index (κ3) is 4.61. The fourth-order valence-corrected chi connectivity index (χ4v) is 3.77. The average Bonchev–Trinajstić information content (AvgIpc) is 3.16. The maximum atomic E-state index is 12.9. The lowest BCUT2D eigenvalue weighted by Crippen LogP contribution is -2.09. The number of rotatable bonds is 4. The Bertz CT molecular complexity index is 1060. The number of fused-ring (bicyclic) bond motifs is 1. The molecule has 0 saturated heterocycles. The predicted octanol–water partition coefficient (Wildman–Crippen LogP) is 5.84. The maximum absolute atomic E-state index is 12.9. The fraction of sp³-hybridized carbons (Fsp3) is 0.348. The van der Waals surface area contributed by atoms with Crippen LogP contribution in [0, 0.1) is 0 Å². The van der Waals surface area contributed by atoms with Crippen LogP contribution in [0.3, 0.4) is 0 Å². The molecular formula is C23H21F3N2O2. The Kier molecular flexibility index (Phi) is 5.70. The highest BCUT2D eigenvalue weighted by Crippen LogP contribution is 2.30. The summed E-state index contributed by atoms with van der Waals surface area (Å²) in [5, 5.41) is 7.95. The number of hydrogen-bond donors (Lipinski definition) is 0. The molecule has 156 valence electrons. The number of carbonyl (C=O) groups is 1. The first-order valence-corrected chi connectivity index (χ1v) is 10.1. The first-order chi connectivity index (χ1) is 14.4. The van der Waals surface area contributed by atoms with Crippen molar-refractivity contribution >= 4 is 5.78 Å². The minimum Gasteiger partial charge on any atom is -0.420 e. The normalized spacial score (nSPS) is 14.6. The van der Waals surface area contributed by atoms with Gasteiger partial charge in [-0.25, -0.2) is 0 Å². The van der Waals surface area contributed by atoms with Gasteiger partial charge in [0.05, 0.1) is 12.0 Å². The molecule has 0 aliphatic heterocycles. The Balaban J connectivity index is 1.51. The molecule has 1 aliphatic rings. The predicted molar refractivity (Wildman–Crippen MR) is 105 cm³/mol. The molecule has 0 fully saturated rings. The molecule has 0 bridgehead atoms. The quantitative estimate of drug-likeness (QED) is 0.503. The summed E-state index contributed by atoms with van der Waals surface area (Å²) in [7, 11) is 0. The van der Waals surface area contributed by atoms with Crippen LogP contribution in [0.15, 0.2) is 46.9 Å². The zero-order valence-electron chi connectivity index (χ0n) is 16.3. The van der Waals surface area contributed by atoms with Crippen molar-refractivity contribution in [2.45, 2.75) is 51.1 Å². The summed E-state index contributed by atoms with van der Waals surface area (Å²) in [5.41, 5.74) is 2.52. The van der Waals surface area contributed by atoms with Crippen LogP contribution in [0.25, 0.3) is 11.5 Å². The highest BCUT2D eigenvalue weighted by molar-refractivity contribution is 5.97. The smallest absolute Gasteiger partial charge is 0.416 e. The van der Waals surface area contributed by atoms with E-state index < -0.39 is 17.5 Å². The van der Waals surface area contributed by atoms with Crippen molar-refractivity contribution in [1.82, 2.24) is 10.2 Å². The van der Waals surface area contributed by atoms with Crippen molar-refractivity contribution < 1.29 is 22.4 Å². The van der Waals surface area contributed by atoms with E-state index in [-0.39, 0.29) is 17.9 Å². The second-order valence-corrected chi connectivity index (χ2v) is 7.58. The van der Waals surface area contributed by atoms with Crippen molar-refractivity contribution in [1.29, 1.82) is 0 Å². The third-order valence-electron chi connectivity index (χ3n) is 5.39. The Morgan fingerprint density at radius 3 is 2.47 bits per heavy atom. The number of Topliss-reactive ketones (excluding diaryl/α,β-unsaturated/α-hetero) is 1. The minimum atomic E-state index is -4.50. The first-order valence-electron chi connectivity index (χ1n) is 10.1. The zero-order valence-corrected chi connectivity index (χ0v) is 16.3. The van der Waals surface area contributed by atoms with Gasteiger partial charge in [0.1, 0.15) is 0 Å². The Morgan fingerprint density at radius 2 is 1.70 bits per heavy atom. The van der Waals surface area contributed by atoms with E-state index in [9.17, 15) is 18.0 Å². The molecule has 1 heterocycles. The van der Waals surface area contributed by atoms with E-state index in [0.717, 1.165) is 37.0 Å². The molecule has 0 unspecified atom stereocenters. The zero-order chi connectivity index (χ0) is 21.1. The molecule has 1 aromatic heterocycles. The molecular weight excluding hydrogens is 393 g/mol. The van der Waals surface area contributed by atoms with Gasteiger partial charge in [0, 0.05) is 11.1 Å². The topological polar surface area (TPSA) is 56.0 Å². The molecule has 0 radical (unpaired) electrons. The standard InChI is InChI=1S/C23H21F3N2O2/c24-23(25,26)19-9-5-8-17(13-19)20(29)14-21-27-28-22(30-21)18-11-10-15-6-3-1-2-4-7-16(15)12-18/h5,8-13H,1-4,6-7,14H2. The second kappa shape index (κ2) is 8.42. The van der Waals surface area contributed by atoms with Gasteiger partial charge < -0.3 is 4.42 Å². The molecule has 0 atom stereocenters. The number of aryl methyl sites for hydroxylation is 2. The SMILES string of the molecule is O=C(Cc1nnc(-c2ccc3c(c2)CCCCCC3)o1)c1cccc(C(F)(F)F)c1. The summed E-state index contributed by atoms with van der Waals surface area (Å²) in [4.78, 5) is 12.4. The van der Waals surface area contributed by atoms with Gasteiger partial charge in [-0.1, -0.05) is 31.0 Å². The van der Waals surface area contributed by atoms with Gasteiger partial charge in [-0.3, -0.25) is 4.79 Å².